The molecule has 3 aromatic rings. The average molecular weight is 401 g/mol. The lowest BCUT2D eigenvalue weighted by Crippen LogP contribution is -2.20. The molecule has 0 fully saturated rings. The predicted octanol–water partition coefficient (Wildman–Crippen LogP) is 5.86. The quantitative estimate of drug-likeness (QED) is 0.527. The first-order valence-electron chi connectivity index (χ1n) is 9.13. The Morgan fingerprint density at radius 3 is 2.24 bits per heavy atom. The minimum atomic E-state index is -4.48. The highest BCUT2D eigenvalue weighted by Gasteiger charge is 2.35. The predicted molar refractivity (Wildman–Crippen MR) is 106 cm³/mol. The van der Waals surface area contributed by atoms with Crippen LogP contribution in [0.1, 0.15) is 53.9 Å². The van der Waals surface area contributed by atoms with E-state index in [1.165, 1.54) is 18.3 Å². The summed E-state index contributed by atoms with van der Waals surface area (Å²) in [7, 11) is 0. The Hall–Kier alpha value is -3.09. The van der Waals surface area contributed by atoms with E-state index in [4.69, 9.17) is 0 Å². The molecule has 3 rings (SSSR count). The lowest BCUT2D eigenvalue weighted by atomic mass is 9.86. The number of carbonyl (C=O) groups excluding carboxylic acids is 1. The Balaban J connectivity index is 1.96. The van der Waals surface area contributed by atoms with Crippen LogP contribution in [0.4, 0.5) is 18.9 Å². The second kappa shape index (κ2) is 7.73. The molecule has 2 aromatic carbocycles. The molecule has 0 spiro atoms. The molecule has 0 bridgehead atoms. The maximum absolute atomic E-state index is 13.6. The fourth-order valence-corrected chi connectivity index (χ4v) is 3.08. The summed E-state index contributed by atoms with van der Waals surface area (Å²) in [5.41, 5.74) is 0.586. The van der Waals surface area contributed by atoms with Crippen molar-refractivity contribution in [3.63, 3.8) is 0 Å². The van der Waals surface area contributed by atoms with Crippen molar-refractivity contribution in [2.45, 2.75) is 33.0 Å². The number of hydrogen-bond donors (Lipinski definition) is 2. The summed E-state index contributed by atoms with van der Waals surface area (Å²) in [4.78, 5) is 12.4. The van der Waals surface area contributed by atoms with Gasteiger partial charge in [0.15, 0.2) is 5.78 Å². The van der Waals surface area contributed by atoms with Crippen molar-refractivity contribution >= 4 is 11.5 Å². The largest absolute Gasteiger partial charge is 0.416 e. The normalized spacial score (nSPS) is 13.2. The summed E-state index contributed by atoms with van der Waals surface area (Å²) in [6.45, 7) is 5.51. The molecule has 0 radical (unpaired) electrons. The number of Topliss-reactive ketones (excluding diaryl/α,β-unsaturated/α-hetero) is 1. The second-order valence-corrected chi connectivity index (χ2v) is 7.85. The van der Waals surface area contributed by atoms with E-state index >= 15 is 0 Å². The van der Waals surface area contributed by atoms with Crippen molar-refractivity contribution in [3.8, 4) is 0 Å². The number of anilines is 1. The monoisotopic (exact) mass is 401 g/mol. The van der Waals surface area contributed by atoms with Gasteiger partial charge in [0, 0.05) is 28.4 Å². The molecule has 1 atom stereocenters. The van der Waals surface area contributed by atoms with E-state index in [0.717, 1.165) is 6.07 Å². The summed E-state index contributed by atoms with van der Waals surface area (Å²) in [5.74, 6) is -0.00199. The molecule has 0 aliphatic heterocycles. The number of nitrogens with one attached hydrogen (secondary N) is 2. The average Bonchev–Trinajstić information content (AvgIpc) is 3.19. The van der Waals surface area contributed by atoms with Gasteiger partial charge in [-0.3, -0.25) is 9.89 Å². The molecule has 7 heteroatoms. The molecule has 1 unspecified atom stereocenters. The number of rotatable bonds is 5. The summed E-state index contributed by atoms with van der Waals surface area (Å²) in [6.07, 6.45) is -1.44. The third-order valence-electron chi connectivity index (χ3n) is 4.57. The van der Waals surface area contributed by atoms with Gasteiger partial charge in [-0.05, 0) is 35.9 Å². The molecular formula is C22H22F3N3O. The molecule has 4 nitrogen and oxygen atoms in total. The van der Waals surface area contributed by atoms with Crippen molar-refractivity contribution < 1.29 is 18.0 Å². The van der Waals surface area contributed by atoms with Crippen LogP contribution in [-0.4, -0.2) is 16.0 Å². The van der Waals surface area contributed by atoms with Crippen LogP contribution in [-0.2, 0) is 6.18 Å². The van der Waals surface area contributed by atoms with Crippen LogP contribution < -0.4 is 5.32 Å². The smallest absolute Gasteiger partial charge is 0.374 e. The van der Waals surface area contributed by atoms with Crippen LogP contribution in [0.15, 0.2) is 60.9 Å². The van der Waals surface area contributed by atoms with Gasteiger partial charge in [-0.15, -0.1) is 0 Å². The summed E-state index contributed by atoms with van der Waals surface area (Å²) in [6, 6.07) is 11.4. The number of hydrogen-bond acceptors (Lipinski definition) is 3. The zero-order valence-electron chi connectivity index (χ0n) is 16.3. The molecule has 29 heavy (non-hydrogen) atoms. The zero-order valence-corrected chi connectivity index (χ0v) is 16.3. The SMILES string of the molecule is CC(C)(C)C(=O)c1ccc(NC(c2cn[nH]c2)c2ccccc2C(F)(F)F)cc1. The zero-order chi connectivity index (χ0) is 21.2. The van der Waals surface area contributed by atoms with Gasteiger partial charge in [0.05, 0.1) is 17.8 Å². The van der Waals surface area contributed by atoms with E-state index in [1.807, 2.05) is 20.8 Å². The van der Waals surface area contributed by atoms with Crippen LogP contribution in [0.2, 0.25) is 0 Å². The third-order valence-corrected chi connectivity index (χ3v) is 4.57. The summed E-state index contributed by atoms with van der Waals surface area (Å²) >= 11 is 0. The highest BCUT2D eigenvalue weighted by atomic mass is 19.4. The van der Waals surface area contributed by atoms with Crippen molar-refractivity contribution in [1.82, 2.24) is 10.2 Å². The number of H-pyrrole nitrogens is 1. The topological polar surface area (TPSA) is 57.8 Å². The van der Waals surface area contributed by atoms with Gasteiger partial charge < -0.3 is 5.32 Å². The van der Waals surface area contributed by atoms with Crippen LogP contribution >= 0.6 is 0 Å². The first kappa shape index (κ1) is 20.6. The van der Waals surface area contributed by atoms with Gasteiger partial charge in [-0.25, -0.2) is 0 Å². The van der Waals surface area contributed by atoms with Gasteiger partial charge in [0.2, 0.25) is 0 Å². The summed E-state index contributed by atoms with van der Waals surface area (Å²) < 4.78 is 40.7. The number of alkyl halides is 3. The number of carbonyl (C=O) groups is 1. The number of aromatic nitrogens is 2. The molecule has 0 saturated heterocycles. The van der Waals surface area contributed by atoms with E-state index in [2.05, 4.69) is 15.5 Å². The highest BCUT2D eigenvalue weighted by molar-refractivity contribution is 6.00. The number of aromatic amines is 1. The number of halogens is 3. The molecule has 2 N–H and O–H groups in total. The van der Waals surface area contributed by atoms with Gasteiger partial charge in [-0.2, -0.15) is 18.3 Å². The van der Waals surface area contributed by atoms with E-state index in [1.54, 1.807) is 36.5 Å². The van der Waals surface area contributed by atoms with Crippen molar-refractivity contribution in [1.29, 1.82) is 0 Å². The molecule has 0 aliphatic rings. The highest BCUT2D eigenvalue weighted by Crippen LogP contribution is 2.37. The molecular weight excluding hydrogens is 379 g/mol. The number of ketones is 1. The molecule has 152 valence electrons. The Bertz CT molecular complexity index is 972. The minimum absolute atomic E-state index is 0.00199. The lowest BCUT2D eigenvalue weighted by molar-refractivity contribution is -0.138. The van der Waals surface area contributed by atoms with Gasteiger partial charge in [0.1, 0.15) is 0 Å². The standard InChI is InChI=1S/C22H22F3N3O/c1-21(2,3)20(29)14-8-10-16(11-9-14)28-19(15-12-26-27-13-15)17-6-4-5-7-18(17)22(23,24)25/h4-13,19,28H,1-3H3,(H,26,27). The van der Waals surface area contributed by atoms with Crippen LogP contribution in [0.3, 0.4) is 0 Å². The van der Waals surface area contributed by atoms with Crippen molar-refractivity contribution in [3.05, 3.63) is 83.2 Å². The van der Waals surface area contributed by atoms with Crippen LogP contribution in [0.25, 0.3) is 0 Å². The van der Waals surface area contributed by atoms with Crippen molar-refractivity contribution in [2.75, 3.05) is 5.32 Å². The van der Waals surface area contributed by atoms with Crippen LogP contribution in [0, 0.1) is 5.41 Å². The van der Waals surface area contributed by atoms with E-state index in [0.29, 0.717) is 16.8 Å². The van der Waals surface area contributed by atoms with E-state index in [9.17, 15) is 18.0 Å². The van der Waals surface area contributed by atoms with Gasteiger partial charge in [-0.1, -0.05) is 39.0 Å². The molecule has 1 heterocycles. The Morgan fingerprint density at radius 1 is 1.03 bits per heavy atom. The van der Waals surface area contributed by atoms with Gasteiger partial charge in [0.25, 0.3) is 0 Å². The molecule has 0 aliphatic carbocycles. The fourth-order valence-electron chi connectivity index (χ4n) is 3.08. The molecule has 1 aromatic heterocycles. The minimum Gasteiger partial charge on any atom is -0.374 e. The maximum atomic E-state index is 13.6. The first-order valence-corrected chi connectivity index (χ1v) is 9.13. The first-order chi connectivity index (χ1) is 13.6. The maximum Gasteiger partial charge on any atom is 0.416 e. The van der Waals surface area contributed by atoms with E-state index < -0.39 is 23.2 Å². The van der Waals surface area contributed by atoms with Gasteiger partial charge >= 0.3 is 6.18 Å². The number of nitrogens with zero attached hydrogens (tertiary/aromatic N) is 1. The van der Waals surface area contributed by atoms with E-state index in [-0.39, 0.29) is 11.3 Å². The summed E-state index contributed by atoms with van der Waals surface area (Å²) in [5, 5.41) is 9.67. The lowest BCUT2D eigenvalue weighted by Gasteiger charge is -2.23. The Kier molecular flexibility index (Phi) is 5.50. The van der Waals surface area contributed by atoms with Crippen molar-refractivity contribution in [2.24, 2.45) is 5.41 Å². The second-order valence-electron chi connectivity index (χ2n) is 7.85. The molecule has 0 amide bonds. The van der Waals surface area contributed by atoms with Crippen LogP contribution in [0.5, 0.6) is 0 Å². The Morgan fingerprint density at radius 2 is 1.69 bits per heavy atom. The Labute approximate surface area is 167 Å². The fraction of sp³-hybridized carbons (Fsp3) is 0.273. The third kappa shape index (κ3) is 4.67. The number of benzene rings is 2. The molecule has 0 saturated carbocycles.